The van der Waals surface area contributed by atoms with E-state index < -0.39 is 15.8 Å². The molecule has 1 aromatic carbocycles. The van der Waals surface area contributed by atoms with E-state index in [0.717, 1.165) is 16.6 Å². The summed E-state index contributed by atoms with van der Waals surface area (Å²) in [4.78, 5) is 16.7. The van der Waals surface area contributed by atoms with Crippen LogP contribution in [0.5, 0.6) is 0 Å². The number of aryl methyl sites for hydroxylation is 1. The third-order valence-electron chi connectivity index (χ3n) is 3.72. The van der Waals surface area contributed by atoms with Gasteiger partial charge in [-0.1, -0.05) is 18.2 Å². The molecule has 1 aliphatic rings. The molecular weight excluding hydrogens is 288 g/mol. The number of hydrogen-bond donors (Lipinski definition) is 1. The number of pyridine rings is 1. The fourth-order valence-corrected chi connectivity index (χ4v) is 4.32. The molecule has 1 aliphatic heterocycles. The average Bonchev–Trinajstić information content (AvgIpc) is 2.80. The number of carbonyl (C=O) groups excluding carboxylic acids is 1. The first-order valence-corrected chi connectivity index (χ1v) is 8.64. The van der Waals surface area contributed by atoms with Gasteiger partial charge in [-0.2, -0.15) is 0 Å². The van der Waals surface area contributed by atoms with E-state index in [0.29, 0.717) is 12.1 Å². The molecule has 1 fully saturated rings. The molecular formula is C15H16N2O3S. The number of benzene rings is 1. The highest BCUT2D eigenvalue weighted by Gasteiger charge is 2.33. The van der Waals surface area contributed by atoms with Gasteiger partial charge in [0.1, 0.15) is 0 Å². The van der Waals surface area contributed by atoms with Crippen LogP contribution in [0.1, 0.15) is 12.1 Å². The molecule has 110 valence electrons. The fraction of sp³-hybridized carbons (Fsp3) is 0.333. The average molecular weight is 304 g/mol. The summed E-state index contributed by atoms with van der Waals surface area (Å²) in [5.41, 5.74) is 2.23. The van der Waals surface area contributed by atoms with E-state index in [1.54, 1.807) is 6.07 Å². The van der Waals surface area contributed by atoms with Crippen molar-refractivity contribution in [3.8, 4) is 0 Å². The molecule has 3 rings (SSSR count). The molecule has 0 saturated carbocycles. The van der Waals surface area contributed by atoms with E-state index in [4.69, 9.17) is 0 Å². The molecule has 0 radical (unpaired) electrons. The van der Waals surface area contributed by atoms with Crippen molar-refractivity contribution in [2.45, 2.75) is 13.3 Å². The van der Waals surface area contributed by atoms with Crippen molar-refractivity contribution >= 4 is 32.3 Å². The van der Waals surface area contributed by atoms with E-state index in [1.807, 2.05) is 31.2 Å². The Labute approximate surface area is 123 Å². The minimum absolute atomic E-state index is 0.0595. The van der Waals surface area contributed by atoms with Gasteiger partial charge in [-0.25, -0.2) is 8.42 Å². The van der Waals surface area contributed by atoms with Gasteiger partial charge < -0.3 is 5.32 Å². The molecule has 0 aliphatic carbocycles. The first kappa shape index (κ1) is 14.0. The van der Waals surface area contributed by atoms with Crippen molar-refractivity contribution in [1.82, 2.24) is 4.98 Å². The molecule has 1 saturated heterocycles. The summed E-state index contributed by atoms with van der Waals surface area (Å²) in [6.07, 6.45) is 0.394. The van der Waals surface area contributed by atoms with Crippen LogP contribution in [0.25, 0.3) is 10.9 Å². The van der Waals surface area contributed by atoms with Gasteiger partial charge in [0.25, 0.3) is 0 Å². The monoisotopic (exact) mass is 304 g/mol. The predicted molar refractivity (Wildman–Crippen MR) is 81.9 cm³/mol. The number of sulfone groups is 1. The summed E-state index contributed by atoms with van der Waals surface area (Å²) in [5, 5.41) is 3.77. The maximum absolute atomic E-state index is 12.2. The van der Waals surface area contributed by atoms with Crippen LogP contribution >= 0.6 is 0 Å². The van der Waals surface area contributed by atoms with E-state index in [9.17, 15) is 13.2 Å². The van der Waals surface area contributed by atoms with Gasteiger partial charge in [-0.15, -0.1) is 0 Å². The Balaban J connectivity index is 1.88. The van der Waals surface area contributed by atoms with Crippen LogP contribution in [0, 0.1) is 12.8 Å². The summed E-state index contributed by atoms with van der Waals surface area (Å²) >= 11 is 0. The van der Waals surface area contributed by atoms with E-state index in [1.165, 1.54) is 0 Å². The Morgan fingerprint density at radius 3 is 2.81 bits per heavy atom. The third kappa shape index (κ3) is 2.90. The summed E-state index contributed by atoms with van der Waals surface area (Å²) in [5.74, 6) is -0.671. The van der Waals surface area contributed by atoms with Crippen LogP contribution in [0.4, 0.5) is 5.69 Å². The van der Waals surface area contributed by atoms with Gasteiger partial charge >= 0.3 is 0 Å². The van der Waals surface area contributed by atoms with Gasteiger partial charge in [0.05, 0.1) is 28.6 Å². The van der Waals surface area contributed by atoms with Crippen LogP contribution in [-0.2, 0) is 14.6 Å². The van der Waals surface area contributed by atoms with Crippen LogP contribution in [0.2, 0.25) is 0 Å². The maximum atomic E-state index is 12.2. The molecule has 2 aromatic rings. The standard InChI is InChI=1S/C15H16N2O3S/c1-10-5-6-11-3-2-4-13(14(11)16-10)17-15(18)12-7-8-21(19,20)9-12/h2-6,12H,7-9H2,1H3,(H,17,18). The number of hydrogen-bond acceptors (Lipinski definition) is 4. The number of para-hydroxylation sites is 1. The lowest BCUT2D eigenvalue weighted by Crippen LogP contribution is -2.23. The zero-order valence-electron chi connectivity index (χ0n) is 11.7. The largest absolute Gasteiger partial charge is 0.324 e. The fourth-order valence-electron chi connectivity index (χ4n) is 2.58. The zero-order chi connectivity index (χ0) is 15.0. The predicted octanol–water partition coefficient (Wildman–Crippen LogP) is 1.92. The molecule has 21 heavy (non-hydrogen) atoms. The van der Waals surface area contributed by atoms with Crippen LogP contribution in [0.15, 0.2) is 30.3 Å². The van der Waals surface area contributed by atoms with Crippen LogP contribution < -0.4 is 5.32 Å². The SMILES string of the molecule is Cc1ccc2cccc(NC(=O)C3CCS(=O)(=O)C3)c2n1. The molecule has 1 aromatic heterocycles. The Hall–Kier alpha value is -1.95. The van der Waals surface area contributed by atoms with Crippen LogP contribution in [0.3, 0.4) is 0 Å². The normalized spacial score (nSPS) is 20.5. The first-order chi connectivity index (χ1) is 9.94. The summed E-state index contributed by atoms with van der Waals surface area (Å²) in [6, 6.07) is 9.43. The first-order valence-electron chi connectivity index (χ1n) is 6.82. The molecule has 6 heteroatoms. The number of nitrogens with one attached hydrogen (secondary N) is 1. The number of carbonyl (C=O) groups is 1. The molecule has 1 N–H and O–H groups in total. The van der Waals surface area contributed by atoms with Crippen molar-refractivity contribution in [2.24, 2.45) is 5.92 Å². The van der Waals surface area contributed by atoms with Gasteiger partial charge in [0.15, 0.2) is 9.84 Å². The zero-order valence-corrected chi connectivity index (χ0v) is 12.5. The van der Waals surface area contributed by atoms with Crippen molar-refractivity contribution in [3.05, 3.63) is 36.0 Å². The second-order valence-electron chi connectivity index (χ2n) is 5.42. The number of rotatable bonds is 2. The van der Waals surface area contributed by atoms with Crippen molar-refractivity contribution < 1.29 is 13.2 Å². The van der Waals surface area contributed by atoms with Gasteiger partial charge in [-0.05, 0) is 25.5 Å². The topological polar surface area (TPSA) is 76.1 Å². The number of fused-ring (bicyclic) bond motifs is 1. The van der Waals surface area contributed by atoms with E-state index in [2.05, 4.69) is 10.3 Å². The van der Waals surface area contributed by atoms with E-state index >= 15 is 0 Å². The molecule has 1 unspecified atom stereocenters. The highest BCUT2D eigenvalue weighted by molar-refractivity contribution is 7.91. The lowest BCUT2D eigenvalue weighted by atomic mass is 10.1. The Bertz CT molecular complexity index is 815. The van der Waals surface area contributed by atoms with Crippen molar-refractivity contribution in [3.63, 3.8) is 0 Å². The third-order valence-corrected chi connectivity index (χ3v) is 5.49. The Morgan fingerprint density at radius 1 is 1.29 bits per heavy atom. The summed E-state index contributed by atoms with van der Waals surface area (Å²) in [6.45, 7) is 1.89. The van der Waals surface area contributed by atoms with Gasteiger partial charge in [0.2, 0.25) is 5.91 Å². The second-order valence-corrected chi connectivity index (χ2v) is 7.65. The molecule has 0 bridgehead atoms. The molecule has 1 atom stereocenters. The second kappa shape index (κ2) is 5.11. The lowest BCUT2D eigenvalue weighted by Gasteiger charge is -2.11. The molecule has 5 nitrogen and oxygen atoms in total. The summed E-state index contributed by atoms with van der Waals surface area (Å²) < 4.78 is 22.9. The quantitative estimate of drug-likeness (QED) is 0.919. The van der Waals surface area contributed by atoms with Gasteiger partial charge in [0, 0.05) is 11.1 Å². The molecule has 1 amide bonds. The van der Waals surface area contributed by atoms with E-state index in [-0.39, 0.29) is 17.4 Å². The van der Waals surface area contributed by atoms with Gasteiger partial charge in [-0.3, -0.25) is 9.78 Å². The molecule has 2 heterocycles. The Morgan fingerprint density at radius 2 is 2.10 bits per heavy atom. The summed E-state index contributed by atoms with van der Waals surface area (Å²) in [7, 11) is -3.06. The minimum Gasteiger partial charge on any atom is -0.324 e. The maximum Gasteiger partial charge on any atom is 0.228 e. The Kier molecular flexibility index (Phi) is 3.41. The highest BCUT2D eigenvalue weighted by Crippen LogP contribution is 2.24. The van der Waals surface area contributed by atoms with Crippen LogP contribution in [-0.4, -0.2) is 30.8 Å². The smallest absolute Gasteiger partial charge is 0.228 e. The molecule has 0 spiro atoms. The highest BCUT2D eigenvalue weighted by atomic mass is 32.2. The minimum atomic E-state index is -3.06. The number of nitrogens with zero attached hydrogens (tertiary/aromatic N) is 1. The lowest BCUT2D eigenvalue weighted by molar-refractivity contribution is -0.119. The number of anilines is 1. The van der Waals surface area contributed by atoms with Crippen molar-refractivity contribution in [2.75, 3.05) is 16.8 Å². The number of aromatic nitrogens is 1. The number of amides is 1. The van der Waals surface area contributed by atoms with Crippen molar-refractivity contribution in [1.29, 1.82) is 0 Å².